The van der Waals surface area contributed by atoms with E-state index in [1.54, 1.807) is 19.1 Å². The van der Waals surface area contributed by atoms with E-state index in [2.05, 4.69) is 5.10 Å². The lowest BCUT2D eigenvalue weighted by Crippen LogP contribution is -2.08. The monoisotopic (exact) mass is 261 g/mol. The second-order valence-corrected chi connectivity index (χ2v) is 3.84. The molecule has 0 saturated carbocycles. The second kappa shape index (κ2) is 4.89. The highest BCUT2D eigenvalue weighted by atomic mass is 16.6. The first kappa shape index (κ1) is 12.7. The Hall–Kier alpha value is -2.70. The fourth-order valence-corrected chi connectivity index (χ4v) is 1.75. The van der Waals surface area contributed by atoms with Crippen molar-refractivity contribution in [2.45, 2.75) is 13.5 Å². The molecule has 2 aromatic rings. The number of nitro groups is 1. The molecule has 0 bridgehead atoms. The number of aromatic nitrogens is 2. The van der Waals surface area contributed by atoms with Crippen LogP contribution < -0.4 is 0 Å². The zero-order valence-electron chi connectivity index (χ0n) is 10.1. The van der Waals surface area contributed by atoms with Gasteiger partial charge in [-0.25, -0.2) is 4.79 Å². The lowest BCUT2D eigenvalue weighted by molar-refractivity contribution is -0.384. The molecule has 7 nitrogen and oxygen atoms in total. The van der Waals surface area contributed by atoms with Gasteiger partial charge in [0.15, 0.2) is 0 Å². The highest BCUT2D eigenvalue weighted by Gasteiger charge is 2.15. The van der Waals surface area contributed by atoms with Crippen LogP contribution in [0.4, 0.5) is 5.69 Å². The topological polar surface area (TPSA) is 98.3 Å². The van der Waals surface area contributed by atoms with Gasteiger partial charge in [-0.3, -0.25) is 14.8 Å². The summed E-state index contributed by atoms with van der Waals surface area (Å²) in [6.07, 6.45) is 0. The molecule has 0 saturated heterocycles. The van der Waals surface area contributed by atoms with Gasteiger partial charge in [0.1, 0.15) is 5.69 Å². The number of nitrogens with zero attached hydrogens (tertiary/aromatic N) is 3. The molecule has 0 spiro atoms. The Morgan fingerprint density at radius 2 is 2.21 bits per heavy atom. The van der Waals surface area contributed by atoms with Crippen LogP contribution in [0.3, 0.4) is 0 Å². The van der Waals surface area contributed by atoms with Crippen LogP contribution in [0.2, 0.25) is 0 Å². The van der Waals surface area contributed by atoms with E-state index in [1.165, 1.54) is 22.9 Å². The van der Waals surface area contributed by atoms with Crippen LogP contribution in [0.5, 0.6) is 0 Å². The van der Waals surface area contributed by atoms with Crippen molar-refractivity contribution in [2.75, 3.05) is 0 Å². The molecule has 0 aliphatic heterocycles. The summed E-state index contributed by atoms with van der Waals surface area (Å²) in [6.45, 7) is 2.19. The van der Waals surface area contributed by atoms with Gasteiger partial charge in [0, 0.05) is 24.2 Å². The summed E-state index contributed by atoms with van der Waals surface area (Å²) < 4.78 is 1.34. The SMILES string of the molecule is CCn1nc(-c2cccc([N+](=O)[O-])c2)cc1C(=O)O. The molecule has 1 heterocycles. The fraction of sp³-hybridized carbons (Fsp3) is 0.167. The minimum atomic E-state index is -1.08. The smallest absolute Gasteiger partial charge is 0.354 e. The van der Waals surface area contributed by atoms with E-state index in [9.17, 15) is 14.9 Å². The molecular weight excluding hydrogens is 250 g/mol. The van der Waals surface area contributed by atoms with Crippen LogP contribution in [0.25, 0.3) is 11.3 Å². The molecule has 2 rings (SSSR count). The maximum atomic E-state index is 11.0. The lowest BCUT2D eigenvalue weighted by Gasteiger charge is -1.98. The normalized spacial score (nSPS) is 10.4. The molecule has 0 fully saturated rings. The number of hydrogen-bond acceptors (Lipinski definition) is 4. The molecule has 1 N–H and O–H groups in total. The average Bonchev–Trinajstić information content (AvgIpc) is 2.83. The number of carboxylic acids is 1. The minimum absolute atomic E-state index is 0.0552. The number of aromatic carboxylic acids is 1. The summed E-state index contributed by atoms with van der Waals surface area (Å²) in [5.74, 6) is -1.08. The largest absolute Gasteiger partial charge is 0.477 e. The number of nitro benzene ring substituents is 1. The Kier molecular flexibility index (Phi) is 3.28. The van der Waals surface area contributed by atoms with Gasteiger partial charge in [0.05, 0.1) is 10.6 Å². The summed E-state index contributed by atoms with van der Waals surface area (Å²) in [4.78, 5) is 21.2. The summed E-state index contributed by atoms with van der Waals surface area (Å²) in [7, 11) is 0. The third-order valence-corrected chi connectivity index (χ3v) is 2.65. The number of benzene rings is 1. The van der Waals surface area contributed by atoms with E-state index in [4.69, 9.17) is 5.11 Å². The number of rotatable bonds is 4. The highest BCUT2D eigenvalue weighted by molar-refractivity contribution is 5.87. The standard InChI is InChI=1S/C12H11N3O4/c1-2-14-11(12(16)17)7-10(13-14)8-4-3-5-9(6-8)15(18)19/h3-7H,2H2,1H3,(H,16,17). The molecule has 0 atom stereocenters. The third kappa shape index (κ3) is 2.44. The molecule has 7 heteroatoms. The van der Waals surface area contributed by atoms with Gasteiger partial charge in [0.2, 0.25) is 0 Å². The number of carbonyl (C=O) groups is 1. The van der Waals surface area contributed by atoms with Crippen LogP contribution >= 0.6 is 0 Å². The highest BCUT2D eigenvalue weighted by Crippen LogP contribution is 2.23. The fourth-order valence-electron chi connectivity index (χ4n) is 1.75. The van der Waals surface area contributed by atoms with Gasteiger partial charge in [-0.1, -0.05) is 12.1 Å². The van der Waals surface area contributed by atoms with Crippen LogP contribution in [-0.2, 0) is 6.54 Å². The number of non-ortho nitro benzene ring substituents is 1. The summed E-state index contributed by atoms with van der Waals surface area (Å²) in [5, 5.41) is 23.9. The summed E-state index contributed by atoms with van der Waals surface area (Å²) >= 11 is 0. The van der Waals surface area contributed by atoms with Crippen molar-refractivity contribution in [3.05, 3.63) is 46.1 Å². The van der Waals surface area contributed by atoms with E-state index in [-0.39, 0.29) is 11.4 Å². The molecule has 1 aromatic heterocycles. The minimum Gasteiger partial charge on any atom is -0.477 e. The Labute approximate surface area is 108 Å². The molecule has 0 aliphatic rings. The molecule has 98 valence electrons. The molecule has 0 amide bonds. The van der Waals surface area contributed by atoms with Crippen molar-refractivity contribution in [1.82, 2.24) is 9.78 Å². The Morgan fingerprint density at radius 1 is 1.47 bits per heavy atom. The zero-order valence-corrected chi connectivity index (χ0v) is 10.1. The van der Waals surface area contributed by atoms with Crippen LogP contribution in [-0.4, -0.2) is 25.8 Å². The lowest BCUT2D eigenvalue weighted by atomic mass is 10.1. The molecular formula is C12H11N3O4. The van der Waals surface area contributed by atoms with Crippen molar-refractivity contribution in [1.29, 1.82) is 0 Å². The summed E-state index contributed by atoms with van der Waals surface area (Å²) in [5.41, 5.74) is 0.927. The van der Waals surface area contributed by atoms with E-state index >= 15 is 0 Å². The molecule has 1 aromatic carbocycles. The number of aryl methyl sites for hydroxylation is 1. The first-order valence-corrected chi connectivity index (χ1v) is 5.59. The van der Waals surface area contributed by atoms with Crippen LogP contribution in [0.1, 0.15) is 17.4 Å². The molecule has 0 unspecified atom stereocenters. The maximum Gasteiger partial charge on any atom is 0.354 e. The predicted molar refractivity (Wildman–Crippen MR) is 67.0 cm³/mol. The van der Waals surface area contributed by atoms with E-state index in [1.807, 2.05) is 0 Å². The quantitative estimate of drug-likeness (QED) is 0.671. The van der Waals surface area contributed by atoms with Crippen LogP contribution in [0.15, 0.2) is 30.3 Å². The Balaban J connectivity index is 2.50. The van der Waals surface area contributed by atoms with Gasteiger partial charge < -0.3 is 5.11 Å². The average molecular weight is 261 g/mol. The van der Waals surface area contributed by atoms with Gasteiger partial charge in [-0.15, -0.1) is 0 Å². The maximum absolute atomic E-state index is 11.0. The molecule has 19 heavy (non-hydrogen) atoms. The second-order valence-electron chi connectivity index (χ2n) is 3.84. The third-order valence-electron chi connectivity index (χ3n) is 2.65. The van der Waals surface area contributed by atoms with Crippen LogP contribution in [0, 0.1) is 10.1 Å². The predicted octanol–water partition coefficient (Wildman–Crippen LogP) is 2.18. The number of hydrogen-bond donors (Lipinski definition) is 1. The zero-order chi connectivity index (χ0) is 14.0. The van der Waals surface area contributed by atoms with Crippen molar-refractivity contribution in [2.24, 2.45) is 0 Å². The van der Waals surface area contributed by atoms with Gasteiger partial charge in [-0.05, 0) is 13.0 Å². The van der Waals surface area contributed by atoms with Gasteiger partial charge >= 0.3 is 5.97 Å². The van der Waals surface area contributed by atoms with Crippen molar-refractivity contribution in [3.8, 4) is 11.3 Å². The molecule has 0 radical (unpaired) electrons. The van der Waals surface area contributed by atoms with Gasteiger partial charge in [-0.2, -0.15) is 5.10 Å². The van der Waals surface area contributed by atoms with E-state index < -0.39 is 10.9 Å². The van der Waals surface area contributed by atoms with E-state index in [0.29, 0.717) is 17.8 Å². The number of carboxylic acid groups (broad SMARTS) is 1. The first-order chi connectivity index (χ1) is 9.02. The first-order valence-electron chi connectivity index (χ1n) is 5.59. The van der Waals surface area contributed by atoms with Crippen molar-refractivity contribution >= 4 is 11.7 Å². The van der Waals surface area contributed by atoms with Crippen molar-refractivity contribution in [3.63, 3.8) is 0 Å². The Bertz CT molecular complexity index is 648. The van der Waals surface area contributed by atoms with Gasteiger partial charge in [0.25, 0.3) is 5.69 Å². The summed E-state index contributed by atoms with van der Waals surface area (Å²) in [6, 6.07) is 7.34. The van der Waals surface area contributed by atoms with Crippen molar-refractivity contribution < 1.29 is 14.8 Å². The van der Waals surface area contributed by atoms with E-state index in [0.717, 1.165) is 0 Å². The Morgan fingerprint density at radius 3 is 2.74 bits per heavy atom. The molecule has 0 aliphatic carbocycles.